The highest BCUT2D eigenvalue weighted by Gasteiger charge is 2.64. The fraction of sp³-hybridized carbons (Fsp3) is 0.347. The lowest BCUT2D eigenvalue weighted by atomic mass is 9.92. The van der Waals surface area contributed by atoms with Gasteiger partial charge in [0.1, 0.15) is 0 Å². The Morgan fingerprint density at radius 2 is 0.515 bits per heavy atom. The first kappa shape index (κ1) is 61.3. The molecule has 3 heterocycles. The summed E-state index contributed by atoms with van der Waals surface area (Å²) >= 11 is 0. The molecule has 66 heavy (non-hydrogen) atoms. The highest BCUT2D eigenvalue weighted by atomic mass is 19.4. The zero-order valence-corrected chi connectivity index (χ0v) is 38.9. The lowest BCUT2D eigenvalue weighted by Crippen LogP contribution is -2.44. The van der Waals surface area contributed by atoms with Gasteiger partial charge in [-0.3, -0.25) is 9.59 Å². The van der Waals surface area contributed by atoms with E-state index >= 15 is 0 Å². The predicted molar refractivity (Wildman–Crippen MR) is 236 cm³/mol. The number of carbonyl (C=O) groups is 8. The normalized spacial score (nSPS) is 13.0. The van der Waals surface area contributed by atoms with Gasteiger partial charge in [-0.1, -0.05) is 136 Å². The number of ketones is 2. The van der Waals surface area contributed by atoms with Crippen LogP contribution in [0.25, 0.3) is 0 Å². The Bertz CT molecular complexity index is 1830. The van der Waals surface area contributed by atoms with Crippen LogP contribution in [0.15, 0.2) is 97.1 Å². The molecule has 0 bridgehead atoms. The Balaban J connectivity index is 0. The van der Waals surface area contributed by atoms with E-state index in [4.69, 9.17) is 0 Å². The Morgan fingerprint density at radius 3 is 0.652 bits per heavy atom. The average Bonchev–Trinajstić information content (AvgIpc) is 3.98. The Kier molecular flexibility index (Phi) is 27.5. The molecule has 4 aromatic rings. The van der Waals surface area contributed by atoms with Crippen molar-refractivity contribution in [2.75, 3.05) is 0 Å². The zero-order valence-electron chi connectivity index (χ0n) is 38.9. The maximum atomic E-state index is 11.6. The van der Waals surface area contributed by atoms with Crippen LogP contribution in [0.5, 0.6) is 0 Å². The molecule has 0 fully saturated rings. The Morgan fingerprint density at radius 1 is 0.364 bits per heavy atom. The molecule has 0 N–H and O–H groups in total. The van der Waals surface area contributed by atoms with Crippen molar-refractivity contribution in [2.24, 2.45) is 5.41 Å². The molecule has 0 saturated heterocycles. The molecular weight excluding hydrogens is 879 g/mol. The average molecular weight is 935 g/mol. The smallest absolute Gasteiger partial charge is 0.386 e. The van der Waals surface area contributed by atoms with Crippen LogP contribution in [-0.4, -0.2) is 59.7 Å². The van der Waals surface area contributed by atoms with Crippen LogP contribution >= 0.6 is 0 Å². The molecule has 0 atom stereocenters. The van der Waals surface area contributed by atoms with E-state index in [9.17, 15) is 64.7 Å². The van der Waals surface area contributed by atoms with Crippen LogP contribution in [0, 0.1) is 5.41 Å². The fourth-order valence-electron chi connectivity index (χ4n) is 4.57. The summed E-state index contributed by atoms with van der Waals surface area (Å²) in [4.78, 5) is 87.1. The summed E-state index contributed by atoms with van der Waals surface area (Å²) in [6, 6.07) is 26.5. The number of fused-ring (bicyclic) bond motifs is 4. The number of carbonyl (C=O) groups excluding carboxylic acids is 8. The third-order valence-electron chi connectivity index (χ3n) is 7.92. The predicted octanol–water partition coefficient (Wildman–Crippen LogP) is 13.1. The van der Waals surface area contributed by atoms with E-state index in [1.165, 1.54) is 6.42 Å². The van der Waals surface area contributed by atoms with Gasteiger partial charge in [0.25, 0.3) is 0 Å². The molecule has 1 aliphatic carbocycles. The van der Waals surface area contributed by atoms with Crippen LogP contribution in [0.3, 0.4) is 0 Å². The summed E-state index contributed by atoms with van der Waals surface area (Å²) in [5.74, 6) is -3.40. The number of benzene rings is 4. The SMILES string of the molecule is CC.CC.CC.CC.CC(C)(C(F)(F)F)C(F)(F)F.CCC.O=C1CC(=O)c2ccccc21.O=C1OC(=O)c2ccccc21.O=C1OC(=O)c2ccccc21.O=C1OC(=O)c2ccccc21. The lowest BCUT2D eigenvalue weighted by Gasteiger charge is -2.29. The molecule has 0 spiro atoms. The van der Waals surface area contributed by atoms with Crippen molar-refractivity contribution >= 4 is 47.4 Å². The summed E-state index contributed by atoms with van der Waals surface area (Å²) in [5, 5.41) is 0. The van der Waals surface area contributed by atoms with Crippen molar-refractivity contribution in [1.29, 1.82) is 0 Å². The van der Waals surface area contributed by atoms with Gasteiger partial charge in [0, 0.05) is 11.1 Å². The quantitative estimate of drug-likeness (QED) is 0.0713. The summed E-state index contributed by atoms with van der Waals surface area (Å²) in [6.07, 6.45) is -9.18. The van der Waals surface area contributed by atoms with E-state index < -0.39 is 53.6 Å². The lowest BCUT2D eigenvalue weighted by molar-refractivity contribution is -0.327. The topological polar surface area (TPSA) is 164 Å². The van der Waals surface area contributed by atoms with Crippen LogP contribution in [0.1, 0.15) is 179 Å². The molecule has 11 nitrogen and oxygen atoms in total. The van der Waals surface area contributed by atoms with E-state index in [0.717, 1.165) is 0 Å². The second kappa shape index (κ2) is 29.6. The second-order valence-electron chi connectivity index (χ2n) is 12.6. The molecule has 4 aliphatic rings. The first-order chi connectivity index (χ1) is 31.1. The number of alkyl halides is 6. The number of hydrogen-bond donors (Lipinski definition) is 0. The minimum Gasteiger partial charge on any atom is -0.386 e. The molecule has 0 unspecified atom stereocenters. The van der Waals surface area contributed by atoms with Crippen molar-refractivity contribution in [3.05, 3.63) is 142 Å². The van der Waals surface area contributed by atoms with Gasteiger partial charge < -0.3 is 14.2 Å². The first-order valence-corrected chi connectivity index (χ1v) is 20.9. The standard InChI is InChI=1S/C9H6O2.3C8H4O3.C5H6F6.C3H8.4C2H6/c10-8-5-9(11)7-4-2-1-3-6(7)8;3*9-7-5-3-1-2-4-6(5)8(10)11-7;1-3(2,4(6,7)8)5(9,10)11;1-3-2;4*1-2/h1-4H,5H2;3*1-4H;1-2H3;3H2,1-2H3;4*1-2H3. The van der Waals surface area contributed by atoms with Gasteiger partial charge in [0.15, 0.2) is 17.0 Å². The van der Waals surface area contributed by atoms with Crippen molar-refractivity contribution in [1.82, 2.24) is 0 Å². The van der Waals surface area contributed by atoms with Crippen molar-refractivity contribution < 1.29 is 78.9 Å². The van der Waals surface area contributed by atoms with Gasteiger partial charge in [-0.05, 0) is 50.2 Å². The fourth-order valence-corrected chi connectivity index (χ4v) is 4.57. The third kappa shape index (κ3) is 17.0. The molecule has 0 saturated carbocycles. The van der Waals surface area contributed by atoms with Crippen molar-refractivity contribution in [2.45, 2.75) is 108 Å². The molecule has 8 rings (SSSR count). The minimum absolute atomic E-state index is 0.0504. The number of halogens is 6. The van der Waals surface area contributed by atoms with Crippen LogP contribution in [0.2, 0.25) is 0 Å². The van der Waals surface area contributed by atoms with E-state index in [2.05, 4.69) is 28.1 Å². The highest BCUT2D eigenvalue weighted by molar-refractivity contribution is 6.24. The number of Topliss-reactive ketones (excluding diaryl/α,β-unsaturated/α-hetero) is 2. The number of esters is 6. The second-order valence-corrected chi connectivity index (χ2v) is 12.6. The molecule has 360 valence electrons. The van der Waals surface area contributed by atoms with Gasteiger partial charge in [-0.25, -0.2) is 28.8 Å². The largest absolute Gasteiger partial charge is 0.402 e. The van der Waals surface area contributed by atoms with Crippen LogP contribution < -0.4 is 0 Å². The molecule has 3 aliphatic heterocycles. The van der Waals surface area contributed by atoms with E-state index in [-0.39, 0.29) is 31.8 Å². The highest BCUT2D eigenvalue weighted by Crippen LogP contribution is 2.49. The van der Waals surface area contributed by atoms with Gasteiger partial charge in [0.05, 0.1) is 39.8 Å². The number of ether oxygens (including phenoxy) is 3. The summed E-state index contributed by atoms with van der Waals surface area (Å²) in [5.41, 5.74) is -0.310. The van der Waals surface area contributed by atoms with Crippen molar-refractivity contribution in [3.63, 3.8) is 0 Å². The van der Waals surface area contributed by atoms with Gasteiger partial charge in [-0.2, -0.15) is 26.3 Å². The van der Waals surface area contributed by atoms with Crippen molar-refractivity contribution in [3.8, 4) is 0 Å². The molecular formula is C49H56F6O11. The molecule has 0 aromatic heterocycles. The number of cyclic esters (lactones) is 6. The number of hydrogen-bond acceptors (Lipinski definition) is 11. The zero-order chi connectivity index (χ0) is 51.6. The summed E-state index contributed by atoms with van der Waals surface area (Å²) < 4.78 is 82.7. The van der Waals surface area contributed by atoms with E-state index in [1.54, 1.807) is 97.1 Å². The Labute approximate surface area is 380 Å². The third-order valence-corrected chi connectivity index (χ3v) is 7.92. The summed E-state index contributed by atoms with van der Waals surface area (Å²) in [7, 11) is 0. The van der Waals surface area contributed by atoms with E-state index in [0.29, 0.717) is 44.5 Å². The van der Waals surface area contributed by atoms with E-state index in [1.807, 2.05) is 55.4 Å². The Hall–Kier alpha value is -6.78. The number of rotatable bonds is 0. The maximum Gasteiger partial charge on any atom is 0.402 e. The van der Waals surface area contributed by atoms with Gasteiger partial charge in [0.2, 0.25) is 0 Å². The van der Waals surface area contributed by atoms with Crippen LogP contribution in [0.4, 0.5) is 26.3 Å². The molecule has 0 amide bonds. The summed E-state index contributed by atoms with van der Waals surface area (Å²) in [6.45, 7) is 20.5. The minimum atomic E-state index is -5.24. The van der Waals surface area contributed by atoms with Gasteiger partial charge >= 0.3 is 48.2 Å². The van der Waals surface area contributed by atoms with Gasteiger partial charge in [-0.15, -0.1) is 0 Å². The molecule has 17 heteroatoms. The van der Waals surface area contributed by atoms with Crippen LogP contribution in [-0.2, 0) is 14.2 Å². The molecule has 4 aromatic carbocycles. The first-order valence-electron chi connectivity index (χ1n) is 20.9. The monoisotopic (exact) mass is 934 g/mol. The molecule has 0 radical (unpaired) electrons. The maximum absolute atomic E-state index is 11.6.